The predicted molar refractivity (Wildman–Crippen MR) is 73.0 cm³/mol. The van der Waals surface area contributed by atoms with Crippen LogP contribution in [0.4, 0.5) is 0 Å². The summed E-state index contributed by atoms with van der Waals surface area (Å²) in [6, 6.07) is 5.67. The predicted octanol–water partition coefficient (Wildman–Crippen LogP) is 1.66. The van der Waals surface area contributed by atoms with Gasteiger partial charge in [0.1, 0.15) is 13.2 Å². The van der Waals surface area contributed by atoms with E-state index in [-0.39, 0.29) is 0 Å². The molecule has 0 radical (unpaired) electrons. The summed E-state index contributed by atoms with van der Waals surface area (Å²) in [5.74, 6) is 2.50. The highest BCUT2D eigenvalue weighted by atomic mass is 16.6. The maximum atomic E-state index is 5.68. The minimum Gasteiger partial charge on any atom is -0.486 e. The number of nitrogens with one attached hydrogen (secondary N) is 1. The first-order valence-electron chi connectivity index (χ1n) is 6.80. The van der Waals surface area contributed by atoms with E-state index in [4.69, 9.17) is 13.9 Å². The summed E-state index contributed by atoms with van der Waals surface area (Å²) < 4.78 is 16.9. The van der Waals surface area contributed by atoms with Crippen LogP contribution in [0.1, 0.15) is 12.8 Å². The highest BCUT2D eigenvalue weighted by Crippen LogP contribution is 2.39. The van der Waals surface area contributed by atoms with Crippen molar-refractivity contribution in [3.05, 3.63) is 24.1 Å². The van der Waals surface area contributed by atoms with Crippen molar-refractivity contribution in [2.24, 2.45) is 0 Å². The van der Waals surface area contributed by atoms with Crippen LogP contribution in [-0.4, -0.2) is 36.5 Å². The van der Waals surface area contributed by atoms with Crippen molar-refractivity contribution in [2.45, 2.75) is 13.3 Å². The first kappa shape index (κ1) is 12.9. The van der Waals surface area contributed by atoms with Gasteiger partial charge in [0.25, 0.3) is 5.89 Å². The Bertz CT molecular complexity index is 583. The molecule has 0 aliphatic carbocycles. The Hall–Kier alpha value is -2.08. The Balaban J connectivity index is 1.82. The Morgan fingerprint density at radius 1 is 1.20 bits per heavy atom. The average molecular weight is 275 g/mol. The molecule has 106 valence electrons. The molecule has 0 bridgehead atoms. The molecule has 0 fully saturated rings. The maximum absolute atomic E-state index is 5.68. The second-order valence-electron chi connectivity index (χ2n) is 4.43. The standard InChI is InChI=1S/C14H17N3O3/c1-2-15-7-6-12-16-17-14(20-12)10-4-3-5-11-13(10)19-9-8-18-11/h3-5,15H,2,6-9H2,1H3. The Labute approximate surface area is 117 Å². The number of ether oxygens (including phenoxy) is 2. The van der Waals surface area contributed by atoms with Crippen LogP contribution < -0.4 is 14.8 Å². The molecule has 0 spiro atoms. The first-order valence-corrected chi connectivity index (χ1v) is 6.80. The van der Waals surface area contributed by atoms with Gasteiger partial charge in [0.2, 0.25) is 5.89 Å². The quantitative estimate of drug-likeness (QED) is 0.837. The van der Waals surface area contributed by atoms with Crippen molar-refractivity contribution in [2.75, 3.05) is 26.3 Å². The van der Waals surface area contributed by atoms with Crippen molar-refractivity contribution in [1.82, 2.24) is 15.5 Å². The fourth-order valence-electron chi connectivity index (χ4n) is 2.08. The molecule has 0 saturated heterocycles. The summed E-state index contributed by atoms with van der Waals surface area (Å²) in [5.41, 5.74) is 0.782. The van der Waals surface area contributed by atoms with Gasteiger partial charge >= 0.3 is 0 Å². The van der Waals surface area contributed by atoms with Crippen LogP contribution in [-0.2, 0) is 6.42 Å². The van der Waals surface area contributed by atoms with Gasteiger partial charge in [0.05, 0.1) is 5.56 Å². The molecular weight excluding hydrogens is 258 g/mol. The first-order chi connectivity index (χ1) is 9.88. The monoisotopic (exact) mass is 275 g/mol. The number of hydrogen-bond acceptors (Lipinski definition) is 6. The smallest absolute Gasteiger partial charge is 0.251 e. The molecule has 6 heteroatoms. The molecular formula is C14H17N3O3. The van der Waals surface area contributed by atoms with Crippen molar-refractivity contribution >= 4 is 0 Å². The van der Waals surface area contributed by atoms with Crippen molar-refractivity contribution in [3.8, 4) is 23.0 Å². The number of fused-ring (bicyclic) bond motifs is 1. The minimum absolute atomic E-state index is 0.471. The van der Waals surface area contributed by atoms with Gasteiger partial charge in [-0.05, 0) is 18.7 Å². The number of benzene rings is 1. The molecule has 1 aliphatic heterocycles. The van der Waals surface area contributed by atoms with E-state index in [0.29, 0.717) is 37.2 Å². The molecule has 20 heavy (non-hydrogen) atoms. The zero-order valence-electron chi connectivity index (χ0n) is 11.4. The maximum Gasteiger partial charge on any atom is 0.251 e. The number of nitrogens with zero attached hydrogens (tertiary/aromatic N) is 2. The van der Waals surface area contributed by atoms with E-state index in [9.17, 15) is 0 Å². The van der Waals surface area contributed by atoms with E-state index < -0.39 is 0 Å². The Morgan fingerprint density at radius 3 is 3.00 bits per heavy atom. The number of likely N-dealkylation sites (N-methyl/N-ethyl adjacent to an activating group) is 1. The molecule has 3 rings (SSSR count). The molecule has 0 amide bonds. The molecule has 2 aromatic rings. The van der Waals surface area contributed by atoms with E-state index in [2.05, 4.69) is 22.4 Å². The highest BCUT2D eigenvalue weighted by molar-refractivity contribution is 5.67. The zero-order chi connectivity index (χ0) is 13.8. The van der Waals surface area contributed by atoms with Gasteiger partial charge in [-0.3, -0.25) is 0 Å². The molecule has 1 aliphatic rings. The van der Waals surface area contributed by atoms with Crippen molar-refractivity contribution in [3.63, 3.8) is 0 Å². The van der Waals surface area contributed by atoms with Crippen LogP contribution in [0, 0.1) is 0 Å². The topological polar surface area (TPSA) is 69.4 Å². The lowest BCUT2D eigenvalue weighted by molar-refractivity contribution is 0.172. The molecule has 1 aromatic heterocycles. The molecule has 2 heterocycles. The molecule has 0 atom stereocenters. The van der Waals surface area contributed by atoms with Crippen LogP contribution >= 0.6 is 0 Å². The molecule has 1 N–H and O–H groups in total. The van der Waals surface area contributed by atoms with Gasteiger partial charge < -0.3 is 19.2 Å². The Morgan fingerprint density at radius 2 is 2.10 bits per heavy atom. The number of rotatable bonds is 5. The fraction of sp³-hybridized carbons (Fsp3) is 0.429. The van der Waals surface area contributed by atoms with Crippen LogP contribution in [0.25, 0.3) is 11.5 Å². The van der Waals surface area contributed by atoms with E-state index >= 15 is 0 Å². The summed E-state index contributed by atoms with van der Waals surface area (Å²) in [7, 11) is 0. The Kier molecular flexibility index (Phi) is 3.83. The van der Waals surface area contributed by atoms with E-state index in [0.717, 1.165) is 24.4 Å². The molecule has 0 saturated carbocycles. The van der Waals surface area contributed by atoms with Crippen LogP contribution in [0.3, 0.4) is 0 Å². The molecule has 1 aromatic carbocycles. The zero-order valence-corrected chi connectivity index (χ0v) is 11.4. The van der Waals surface area contributed by atoms with E-state index in [1.54, 1.807) is 0 Å². The summed E-state index contributed by atoms with van der Waals surface area (Å²) in [6.07, 6.45) is 0.715. The number of hydrogen-bond donors (Lipinski definition) is 1. The third kappa shape index (κ3) is 2.60. The van der Waals surface area contributed by atoms with Gasteiger partial charge in [-0.2, -0.15) is 0 Å². The number of aromatic nitrogens is 2. The third-order valence-electron chi connectivity index (χ3n) is 3.03. The SMILES string of the molecule is CCNCCc1nnc(-c2cccc3c2OCCO3)o1. The van der Waals surface area contributed by atoms with Crippen LogP contribution in [0.5, 0.6) is 11.5 Å². The van der Waals surface area contributed by atoms with Gasteiger partial charge in [-0.15, -0.1) is 10.2 Å². The summed E-state index contributed by atoms with van der Waals surface area (Å²) in [6.45, 7) is 4.91. The summed E-state index contributed by atoms with van der Waals surface area (Å²) in [4.78, 5) is 0. The van der Waals surface area contributed by atoms with Gasteiger partial charge in [-0.1, -0.05) is 13.0 Å². The van der Waals surface area contributed by atoms with Crippen molar-refractivity contribution < 1.29 is 13.9 Å². The van der Waals surface area contributed by atoms with Crippen molar-refractivity contribution in [1.29, 1.82) is 0 Å². The van der Waals surface area contributed by atoms with Gasteiger partial charge in [0, 0.05) is 13.0 Å². The van der Waals surface area contributed by atoms with Crippen LogP contribution in [0.2, 0.25) is 0 Å². The largest absolute Gasteiger partial charge is 0.486 e. The second kappa shape index (κ2) is 5.92. The highest BCUT2D eigenvalue weighted by Gasteiger charge is 2.20. The van der Waals surface area contributed by atoms with Crippen LogP contribution in [0.15, 0.2) is 22.6 Å². The van der Waals surface area contributed by atoms with Gasteiger partial charge in [0.15, 0.2) is 11.5 Å². The summed E-state index contributed by atoms with van der Waals surface area (Å²) >= 11 is 0. The lowest BCUT2D eigenvalue weighted by atomic mass is 10.2. The second-order valence-corrected chi connectivity index (χ2v) is 4.43. The molecule has 6 nitrogen and oxygen atoms in total. The average Bonchev–Trinajstić information content (AvgIpc) is 2.96. The molecule has 0 unspecified atom stereocenters. The summed E-state index contributed by atoms with van der Waals surface area (Å²) in [5, 5.41) is 11.4. The minimum atomic E-state index is 0.471. The van der Waals surface area contributed by atoms with E-state index in [1.165, 1.54) is 0 Å². The lowest BCUT2D eigenvalue weighted by Crippen LogP contribution is -2.16. The van der Waals surface area contributed by atoms with Gasteiger partial charge in [-0.25, -0.2) is 0 Å². The fourth-order valence-corrected chi connectivity index (χ4v) is 2.08. The normalized spacial score (nSPS) is 13.4. The third-order valence-corrected chi connectivity index (χ3v) is 3.03. The lowest BCUT2D eigenvalue weighted by Gasteiger charge is -2.19. The number of para-hydroxylation sites is 1. The van der Waals surface area contributed by atoms with E-state index in [1.807, 2.05) is 18.2 Å².